The molecule has 0 aliphatic rings. The van der Waals surface area contributed by atoms with Crippen LogP contribution in [-0.4, -0.2) is 25.8 Å². The SMILES string of the molecule is CCOC(C)Oc1ccc(Oc2ccc(C(C)CC)cc2)cc1OC(C)OCC. The van der Waals surface area contributed by atoms with Crippen molar-refractivity contribution in [2.24, 2.45) is 0 Å². The first-order valence-corrected chi connectivity index (χ1v) is 10.4. The standard InChI is InChI=1S/C24H34O5/c1-7-17(4)20-10-12-21(13-11-20)29-22-14-15-23(27-18(5)25-8-2)24(16-22)28-19(6)26-9-3/h10-19H,7-9H2,1-6H3. The highest BCUT2D eigenvalue weighted by Crippen LogP contribution is 2.35. The van der Waals surface area contributed by atoms with Crippen molar-refractivity contribution >= 4 is 0 Å². The minimum absolute atomic E-state index is 0.385. The lowest BCUT2D eigenvalue weighted by Crippen LogP contribution is -2.19. The summed E-state index contributed by atoms with van der Waals surface area (Å²) in [5.41, 5.74) is 1.31. The van der Waals surface area contributed by atoms with Gasteiger partial charge in [0.05, 0.1) is 0 Å². The number of benzene rings is 2. The first-order valence-electron chi connectivity index (χ1n) is 10.4. The van der Waals surface area contributed by atoms with E-state index in [1.807, 2.05) is 58.0 Å². The third-order valence-corrected chi connectivity index (χ3v) is 4.60. The molecule has 5 heteroatoms. The molecule has 29 heavy (non-hydrogen) atoms. The second-order valence-corrected chi connectivity index (χ2v) is 6.87. The average molecular weight is 403 g/mol. The minimum Gasteiger partial charge on any atom is -0.461 e. The maximum absolute atomic E-state index is 6.03. The Bertz CT molecular complexity index is 729. The fraction of sp³-hybridized carbons (Fsp3) is 0.500. The maximum Gasteiger partial charge on any atom is 0.197 e. The molecular weight excluding hydrogens is 368 g/mol. The predicted molar refractivity (Wildman–Crippen MR) is 115 cm³/mol. The Labute approximate surface area is 174 Å². The number of hydrogen-bond acceptors (Lipinski definition) is 5. The molecule has 0 aliphatic heterocycles. The van der Waals surface area contributed by atoms with E-state index in [-0.39, 0.29) is 6.29 Å². The van der Waals surface area contributed by atoms with Gasteiger partial charge in [0.15, 0.2) is 24.1 Å². The van der Waals surface area contributed by atoms with E-state index in [1.165, 1.54) is 5.56 Å². The third kappa shape index (κ3) is 7.26. The highest BCUT2D eigenvalue weighted by molar-refractivity contribution is 5.47. The van der Waals surface area contributed by atoms with Crippen LogP contribution < -0.4 is 14.2 Å². The van der Waals surface area contributed by atoms with Gasteiger partial charge in [-0.1, -0.05) is 26.0 Å². The molecular formula is C24H34O5. The van der Waals surface area contributed by atoms with Crippen LogP contribution in [0.15, 0.2) is 42.5 Å². The Morgan fingerprint density at radius 3 is 1.79 bits per heavy atom. The van der Waals surface area contributed by atoms with Crippen molar-refractivity contribution < 1.29 is 23.7 Å². The second kappa shape index (κ2) is 11.7. The summed E-state index contributed by atoms with van der Waals surface area (Å²) in [5.74, 6) is 3.10. The summed E-state index contributed by atoms with van der Waals surface area (Å²) in [4.78, 5) is 0. The van der Waals surface area contributed by atoms with Gasteiger partial charge in [0.1, 0.15) is 11.5 Å². The molecule has 3 unspecified atom stereocenters. The summed E-state index contributed by atoms with van der Waals surface area (Å²) < 4.78 is 28.8. The van der Waals surface area contributed by atoms with Crippen molar-refractivity contribution in [1.29, 1.82) is 0 Å². The van der Waals surface area contributed by atoms with Crippen molar-refractivity contribution in [2.75, 3.05) is 13.2 Å². The molecule has 2 rings (SSSR count). The molecule has 2 aromatic rings. The van der Waals surface area contributed by atoms with Crippen LogP contribution in [0, 0.1) is 0 Å². The Hall–Kier alpha value is -2.24. The lowest BCUT2D eigenvalue weighted by molar-refractivity contribution is -0.0766. The lowest BCUT2D eigenvalue weighted by atomic mass is 9.99. The monoisotopic (exact) mass is 402 g/mol. The summed E-state index contributed by atoms with van der Waals surface area (Å²) >= 11 is 0. The average Bonchev–Trinajstić information content (AvgIpc) is 2.70. The molecule has 0 amide bonds. The van der Waals surface area contributed by atoms with Crippen molar-refractivity contribution in [3.63, 3.8) is 0 Å². The number of ether oxygens (including phenoxy) is 5. The minimum atomic E-state index is -0.408. The van der Waals surface area contributed by atoms with Crippen LogP contribution in [0.3, 0.4) is 0 Å². The fourth-order valence-electron chi connectivity index (χ4n) is 2.87. The zero-order valence-electron chi connectivity index (χ0n) is 18.4. The van der Waals surface area contributed by atoms with E-state index in [9.17, 15) is 0 Å². The summed E-state index contributed by atoms with van der Waals surface area (Å²) in [6.45, 7) is 13.1. The van der Waals surface area contributed by atoms with E-state index in [4.69, 9.17) is 23.7 Å². The third-order valence-electron chi connectivity index (χ3n) is 4.60. The van der Waals surface area contributed by atoms with Gasteiger partial charge in [0, 0.05) is 19.3 Å². The molecule has 0 saturated carbocycles. The van der Waals surface area contributed by atoms with Crippen LogP contribution >= 0.6 is 0 Å². The van der Waals surface area contributed by atoms with Crippen LogP contribution in [-0.2, 0) is 9.47 Å². The highest BCUT2D eigenvalue weighted by Gasteiger charge is 2.15. The molecule has 0 saturated heterocycles. The Morgan fingerprint density at radius 1 is 0.690 bits per heavy atom. The Morgan fingerprint density at radius 2 is 1.24 bits per heavy atom. The summed E-state index contributed by atoms with van der Waals surface area (Å²) in [6, 6.07) is 13.7. The predicted octanol–water partition coefficient (Wildman–Crippen LogP) is 6.52. The van der Waals surface area contributed by atoms with Gasteiger partial charge in [-0.05, 0) is 69.9 Å². The zero-order chi connectivity index (χ0) is 21.2. The van der Waals surface area contributed by atoms with E-state index in [1.54, 1.807) is 0 Å². The molecule has 0 fully saturated rings. The van der Waals surface area contributed by atoms with Crippen LogP contribution in [0.25, 0.3) is 0 Å². The van der Waals surface area contributed by atoms with Crippen LogP contribution in [0.2, 0.25) is 0 Å². The van der Waals surface area contributed by atoms with Gasteiger partial charge in [-0.25, -0.2) is 0 Å². The maximum atomic E-state index is 6.03. The lowest BCUT2D eigenvalue weighted by Gasteiger charge is -2.21. The molecule has 0 N–H and O–H groups in total. The van der Waals surface area contributed by atoms with Crippen LogP contribution in [0.4, 0.5) is 0 Å². The topological polar surface area (TPSA) is 46.2 Å². The molecule has 0 spiro atoms. The zero-order valence-corrected chi connectivity index (χ0v) is 18.4. The summed E-state index contributed by atoms with van der Waals surface area (Å²) in [5, 5.41) is 0. The van der Waals surface area contributed by atoms with Gasteiger partial charge in [-0.15, -0.1) is 0 Å². The van der Waals surface area contributed by atoms with Crippen LogP contribution in [0.5, 0.6) is 23.0 Å². The molecule has 0 aliphatic carbocycles. The van der Waals surface area contributed by atoms with Gasteiger partial charge in [0.2, 0.25) is 0 Å². The van der Waals surface area contributed by atoms with Crippen molar-refractivity contribution in [3.8, 4) is 23.0 Å². The first kappa shape index (κ1) is 23.0. The van der Waals surface area contributed by atoms with Gasteiger partial charge in [-0.2, -0.15) is 0 Å². The molecule has 160 valence electrons. The van der Waals surface area contributed by atoms with Gasteiger partial charge < -0.3 is 23.7 Å². The molecule has 3 atom stereocenters. The van der Waals surface area contributed by atoms with E-state index in [0.717, 1.165) is 12.2 Å². The van der Waals surface area contributed by atoms with E-state index >= 15 is 0 Å². The normalized spacial score (nSPS) is 14.1. The fourth-order valence-corrected chi connectivity index (χ4v) is 2.87. The second-order valence-electron chi connectivity index (χ2n) is 6.87. The number of rotatable bonds is 12. The highest BCUT2D eigenvalue weighted by atomic mass is 16.7. The molecule has 0 bridgehead atoms. The quantitative estimate of drug-likeness (QED) is 0.378. The van der Waals surface area contributed by atoms with Crippen molar-refractivity contribution in [3.05, 3.63) is 48.0 Å². The molecule has 0 heterocycles. The molecule has 2 aromatic carbocycles. The molecule has 0 aromatic heterocycles. The summed E-state index contributed by atoms with van der Waals surface area (Å²) in [6.07, 6.45) is 0.319. The number of hydrogen-bond donors (Lipinski definition) is 0. The van der Waals surface area contributed by atoms with Gasteiger partial charge in [0.25, 0.3) is 0 Å². The van der Waals surface area contributed by atoms with Gasteiger partial charge >= 0.3 is 0 Å². The first-order chi connectivity index (χ1) is 14.0. The van der Waals surface area contributed by atoms with Gasteiger partial charge in [-0.3, -0.25) is 0 Å². The largest absolute Gasteiger partial charge is 0.461 e. The van der Waals surface area contributed by atoms with E-state index < -0.39 is 6.29 Å². The van der Waals surface area contributed by atoms with E-state index in [0.29, 0.717) is 36.4 Å². The Balaban J connectivity index is 2.19. The molecule has 5 nitrogen and oxygen atoms in total. The smallest absolute Gasteiger partial charge is 0.197 e. The van der Waals surface area contributed by atoms with Crippen molar-refractivity contribution in [2.45, 2.75) is 66.5 Å². The van der Waals surface area contributed by atoms with E-state index in [2.05, 4.69) is 26.0 Å². The molecule has 0 radical (unpaired) electrons. The Kier molecular flexibility index (Phi) is 9.29. The summed E-state index contributed by atoms with van der Waals surface area (Å²) in [7, 11) is 0. The van der Waals surface area contributed by atoms with Crippen LogP contribution in [0.1, 0.15) is 59.4 Å². The van der Waals surface area contributed by atoms with Crippen molar-refractivity contribution in [1.82, 2.24) is 0 Å².